The van der Waals surface area contributed by atoms with Crippen LogP contribution in [0.1, 0.15) is 79.0 Å². The molecule has 0 atom stereocenters. The zero-order valence-corrected chi connectivity index (χ0v) is 30.8. The van der Waals surface area contributed by atoms with Gasteiger partial charge in [0.2, 0.25) is 0 Å². The number of para-hydroxylation sites is 3. The Morgan fingerprint density at radius 2 is 0.720 bits per heavy atom. The Bertz CT molecular complexity index is 1500. The molecule has 272 valence electrons. The van der Waals surface area contributed by atoms with Crippen LogP contribution in [0.25, 0.3) is 0 Å². The lowest BCUT2D eigenvalue weighted by Gasteiger charge is -2.36. The molecule has 0 aromatic heterocycles. The van der Waals surface area contributed by atoms with Gasteiger partial charge in [-0.15, -0.1) is 0 Å². The second-order valence-electron chi connectivity index (χ2n) is 14.2. The summed E-state index contributed by atoms with van der Waals surface area (Å²) in [6.07, 6.45) is -2.50. The van der Waals surface area contributed by atoms with Crippen molar-refractivity contribution in [2.24, 2.45) is 0 Å². The van der Waals surface area contributed by atoms with Crippen molar-refractivity contribution < 1.29 is 47.9 Å². The molecular weight excluding hydrogens is 646 g/mol. The molecule has 3 aromatic carbocycles. The van der Waals surface area contributed by atoms with Gasteiger partial charge in [0.05, 0.1) is 38.4 Å². The van der Waals surface area contributed by atoms with Crippen LogP contribution in [0.5, 0.6) is 17.2 Å². The van der Waals surface area contributed by atoms with Gasteiger partial charge >= 0.3 is 18.3 Å². The quantitative estimate of drug-likeness (QED) is 0.127. The van der Waals surface area contributed by atoms with E-state index in [1.54, 1.807) is 117 Å². The molecule has 0 aliphatic heterocycles. The predicted molar refractivity (Wildman–Crippen MR) is 191 cm³/mol. The van der Waals surface area contributed by atoms with Gasteiger partial charge in [0.1, 0.15) is 39.7 Å². The molecule has 50 heavy (non-hydrogen) atoms. The number of aliphatic hydroxyl groups is 1. The van der Waals surface area contributed by atoms with Crippen LogP contribution in [-0.4, -0.2) is 61.5 Å². The van der Waals surface area contributed by atoms with Gasteiger partial charge in [-0.05, 0) is 80.5 Å². The van der Waals surface area contributed by atoms with Crippen LogP contribution in [0.4, 0.5) is 31.4 Å². The van der Waals surface area contributed by atoms with E-state index in [0.717, 1.165) is 0 Å². The summed E-state index contributed by atoms with van der Waals surface area (Å²) >= 11 is 0. The third kappa shape index (κ3) is 9.71. The van der Waals surface area contributed by atoms with E-state index >= 15 is 0 Å². The molecule has 0 aliphatic carbocycles. The fraction of sp³-hybridized carbons (Fsp3) is 0.432. The normalized spacial score (nSPS) is 11.9. The van der Waals surface area contributed by atoms with Crippen LogP contribution in [0.15, 0.2) is 54.6 Å². The zero-order valence-electron chi connectivity index (χ0n) is 30.8. The maximum atomic E-state index is 13.5. The van der Waals surface area contributed by atoms with Crippen molar-refractivity contribution in [2.75, 3.05) is 37.3 Å². The first kappa shape index (κ1) is 39.3. The number of amides is 3. The van der Waals surface area contributed by atoms with Crippen LogP contribution < -0.4 is 30.2 Å². The number of carbonyl (C=O) groups is 3. The van der Waals surface area contributed by atoms with Crippen molar-refractivity contribution >= 4 is 35.3 Å². The van der Waals surface area contributed by atoms with Crippen molar-refractivity contribution in [3.63, 3.8) is 0 Å². The molecule has 0 radical (unpaired) electrons. The first-order chi connectivity index (χ1) is 23.1. The van der Waals surface area contributed by atoms with E-state index in [4.69, 9.17) is 28.4 Å². The number of anilines is 3. The first-order valence-electron chi connectivity index (χ1n) is 15.9. The van der Waals surface area contributed by atoms with Gasteiger partial charge in [-0.3, -0.25) is 16.0 Å². The highest BCUT2D eigenvalue weighted by atomic mass is 16.6. The molecule has 0 saturated heterocycles. The minimum Gasteiger partial charge on any atom is -0.495 e. The van der Waals surface area contributed by atoms with Gasteiger partial charge in [0.25, 0.3) is 0 Å². The van der Waals surface area contributed by atoms with Crippen LogP contribution in [0.2, 0.25) is 0 Å². The minimum absolute atomic E-state index is 0.0313. The van der Waals surface area contributed by atoms with E-state index in [9.17, 15) is 19.5 Å². The molecule has 0 fully saturated rings. The smallest absolute Gasteiger partial charge is 0.412 e. The standard InChI is InChI=1S/C37H49N3O10/c1-34(2,3)48-31(41)38-28-22(16-13-19-25(28)45-10)37(44,23-17-14-20-26(46-11)29(23)39-32(42)49-35(4,5)6)24-18-15-21-27(47-12)30(24)40-33(43)50-36(7,8)9/h13-21,44H,1-12H3,(H,38,41)(H,39,42)(H,40,43). The Labute approximate surface area is 293 Å². The molecule has 3 amide bonds. The highest BCUT2D eigenvalue weighted by molar-refractivity contribution is 5.94. The fourth-order valence-corrected chi connectivity index (χ4v) is 5.05. The predicted octanol–water partition coefficient (Wildman–Crippen LogP) is 8.04. The highest BCUT2D eigenvalue weighted by Crippen LogP contribution is 2.51. The molecule has 0 heterocycles. The zero-order chi connectivity index (χ0) is 37.7. The summed E-state index contributed by atoms with van der Waals surface area (Å²) in [6.45, 7) is 15.4. The molecule has 0 aliphatic rings. The lowest BCUT2D eigenvalue weighted by Crippen LogP contribution is -2.35. The van der Waals surface area contributed by atoms with Gasteiger partial charge in [0, 0.05) is 16.7 Å². The maximum absolute atomic E-state index is 13.5. The summed E-state index contributed by atoms with van der Waals surface area (Å²) in [5.74, 6) is 0.502. The Balaban J connectivity index is 2.52. The number of hydrogen-bond donors (Lipinski definition) is 4. The van der Waals surface area contributed by atoms with E-state index in [2.05, 4.69) is 16.0 Å². The molecule has 0 unspecified atom stereocenters. The molecular formula is C37H49N3O10. The number of ether oxygens (including phenoxy) is 6. The Hall–Kier alpha value is -5.17. The van der Waals surface area contributed by atoms with Crippen LogP contribution in [0, 0.1) is 0 Å². The van der Waals surface area contributed by atoms with E-state index < -0.39 is 40.7 Å². The van der Waals surface area contributed by atoms with Crippen molar-refractivity contribution in [2.45, 2.75) is 84.7 Å². The van der Waals surface area contributed by atoms with Crippen LogP contribution in [-0.2, 0) is 19.8 Å². The summed E-state index contributed by atoms with van der Waals surface area (Å²) in [4.78, 5) is 39.8. The number of nitrogens with one attached hydrogen (secondary N) is 3. The molecule has 0 bridgehead atoms. The molecule has 4 N–H and O–H groups in total. The van der Waals surface area contributed by atoms with Gasteiger partial charge < -0.3 is 33.5 Å². The second kappa shape index (κ2) is 15.2. The maximum Gasteiger partial charge on any atom is 0.412 e. The molecule has 0 saturated carbocycles. The monoisotopic (exact) mass is 695 g/mol. The number of methoxy groups -OCH3 is 3. The van der Waals surface area contributed by atoms with Crippen molar-refractivity contribution in [1.29, 1.82) is 0 Å². The molecule has 13 heteroatoms. The molecule has 3 rings (SSSR count). The number of benzene rings is 3. The average molecular weight is 696 g/mol. The number of hydrogen-bond acceptors (Lipinski definition) is 10. The number of rotatable bonds is 9. The van der Waals surface area contributed by atoms with Gasteiger partial charge in [-0.2, -0.15) is 0 Å². The Morgan fingerprint density at radius 1 is 0.480 bits per heavy atom. The van der Waals surface area contributed by atoms with Crippen LogP contribution in [0.3, 0.4) is 0 Å². The average Bonchev–Trinajstić information content (AvgIpc) is 2.98. The summed E-state index contributed by atoms with van der Waals surface area (Å²) in [5.41, 5.74) is -4.66. The van der Waals surface area contributed by atoms with Gasteiger partial charge in [-0.1, -0.05) is 36.4 Å². The van der Waals surface area contributed by atoms with E-state index in [1.165, 1.54) is 21.3 Å². The van der Waals surface area contributed by atoms with Gasteiger partial charge in [0.15, 0.2) is 0 Å². The minimum atomic E-state index is -2.34. The van der Waals surface area contributed by atoms with Crippen molar-refractivity contribution in [1.82, 2.24) is 0 Å². The van der Waals surface area contributed by atoms with Crippen molar-refractivity contribution in [3.05, 3.63) is 71.3 Å². The molecule has 13 nitrogen and oxygen atoms in total. The summed E-state index contributed by atoms with van der Waals surface area (Å²) in [7, 11) is 4.21. The van der Waals surface area contributed by atoms with E-state index in [-0.39, 0.29) is 51.0 Å². The topological polar surface area (TPSA) is 163 Å². The summed E-state index contributed by atoms with van der Waals surface area (Å²) in [6, 6.07) is 14.3. The van der Waals surface area contributed by atoms with Gasteiger partial charge in [-0.25, -0.2) is 14.4 Å². The summed E-state index contributed by atoms with van der Waals surface area (Å²) in [5, 5.41) is 21.7. The second-order valence-corrected chi connectivity index (χ2v) is 14.2. The Morgan fingerprint density at radius 3 is 0.920 bits per heavy atom. The van der Waals surface area contributed by atoms with E-state index in [0.29, 0.717) is 0 Å². The lowest BCUT2D eigenvalue weighted by molar-refractivity contribution is 0.0624. The largest absolute Gasteiger partial charge is 0.495 e. The Kier molecular flexibility index (Phi) is 11.9. The first-order valence-corrected chi connectivity index (χ1v) is 15.9. The SMILES string of the molecule is COc1cccc(C(O)(c2cccc(OC)c2NC(=O)OC(C)(C)C)c2cccc(OC)c2NC(=O)OC(C)(C)C)c1NC(=O)OC(C)(C)C. The highest BCUT2D eigenvalue weighted by Gasteiger charge is 2.43. The summed E-state index contributed by atoms with van der Waals surface area (Å²) < 4.78 is 33.7. The third-order valence-electron chi connectivity index (χ3n) is 6.79. The third-order valence-corrected chi connectivity index (χ3v) is 6.79. The van der Waals surface area contributed by atoms with Crippen LogP contribution >= 0.6 is 0 Å². The van der Waals surface area contributed by atoms with Crippen molar-refractivity contribution in [3.8, 4) is 17.2 Å². The fourth-order valence-electron chi connectivity index (χ4n) is 5.05. The molecule has 3 aromatic rings. The number of carbonyl (C=O) groups excluding carboxylic acids is 3. The molecule has 0 spiro atoms. The van der Waals surface area contributed by atoms with E-state index in [1.807, 2.05) is 0 Å². The lowest BCUT2D eigenvalue weighted by atomic mass is 9.77.